The third-order valence-electron chi connectivity index (χ3n) is 3.15. The Morgan fingerprint density at radius 2 is 2.15 bits per heavy atom. The fourth-order valence-electron chi connectivity index (χ4n) is 2.21. The molecule has 104 valence electrons. The van der Waals surface area contributed by atoms with Gasteiger partial charge in [0.15, 0.2) is 22.9 Å². The summed E-state index contributed by atoms with van der Waals surface area (Å²) in [6, 6.07) is 5.26. The van der Waals surface area contributed by atoms with Gasteiger partial charge in [0.25, 0.3) is 0 Å². The Hall–Kier alpha value is -2.50. The van der Waals surface area contributed by atoms with Crippen LogP contribution in [-0.4, -0.2) is 35.9 Å². The summed E-state index contributed by atoms with van der Waals surface area (Å²) in [5, 5.41) is 4.04. The molecule has 1 aliphatic heterocycles. The van der Waals surface area contributed by atoms with E-state index in [1.807, 2.05) is 0 Å². The lowest BCUT2D eigenvalue weighted by Gasteiger charge is -2.20. The minimum Gasteiger partial charge on any atom is -0.493 e. The fraction of sp³-hybridized carbons (Fsp3) is 0.286. The highest BCUT2D eigenvalue weighted by Crippen LogP contribution is 2.35. The number of carbonyl (C=O) groups is 1. The van der Waals surface area contributed by atoms with Crippen molar-refractivity contribution in [2.45, 2.75) is 0 Å². The lowest BCUT2D eigenvalue weighted by atomic mass is 10.1. The average Bonchev–Trinajstić information content (AvgIpc) is 2.87. The van der Waals surface area contributed by atoms with E-state index in [0.29, 0.717) is 41.7 Å². The second kappa shape index (κ2) is 4.88. The van der Waals surface area contributed by atoms with Crippen molar-refractivity contribution in [2.75, 3.05) is 20.3 Å². The number of carbonyl (C=O) groups excluding carboxylic acids is 1. The minimum absolute atomic E-state index is 0.204. The first-order chi connectivity index (χ1) is 9.72. The Kier molecular flexibility index (Phi) is 3.06. The predicted octanol–water partition coefficient (Wildman–Crippen LogP) is 1.43. The first-order valence-electron chi connectivity index (χ1n) is 6.21. The van der Waals surface area contributed by atoms with Gasteiger partial charge in [0.2, 0.25) is 5.78 Å². The van der Waals surface area contributed by atoms with E-state index in [-0.39, 0.29) is 5.78 Å². The van der Waals surface area contributed by atoms with E-state index in [1.54, 1.807) is 25.2 Å². The molecule has 3 rings (SSSR count). The van der Waals surface area contributed by atoms with E-state index >= 15 is 0 Å². The van der Waals surface area contributed by atoms with Gasteiger partial charge in [-0.15, -0.1) is 0 Å². The zero-order valence-corrected chi connectivity index (χ0v) is 11.3. The van der Waals surface area contributed by atoms with Crippen molar-refractivity contribution in [1.82, 2.24) is 9.78 Å². The maximum absolute atomic E-state index is 12.7. The van der Waals surface area contributed by atoms with Crippen LogP contribution in [0.4, 0.5) is 0 Å². The molecule has 0 amide bonds. The highest BCUT2D eigenvalue weighted by atomic mass is 16.6. The van der Waals surface area contributed by atoms with Crippen LogP contribution >= 0.6 is 0 Å². The predicted molar refractivity (Wildman–Crippen MR) is 70.6 cm³/mol. The van der Waals surface area contributed by atoms with Gasteiger partial charge in [0.05, 0.1) is 18.9 Å². The number of aromatic nitrogens is 2. The molecule has 0 atom stereocenters. The van der Waals surface area contributed by atoms with Crippen molar-refractivity contribution >= 4 is 5.78 Å². The molecular formula is C14H14N2O4. The maximum Gasteiger partial charge on any atom is 0.218 e. The summed E-state index contributed by atoms with van der Waals surface area (Å²) in [5.74, 6) is 1.30. The molecule has 0 fully saturated rings. The van der Waals surface area contributed by atoms with Crippen molar-refractivity contribution in [3.8, 4) is 17.2 Å². The van der Waals surface area contributed by atoms with Crippen molar-refractivity contribution in [1.29, 1.82) is 0 Å². The third kappa shape index (κ3) is 1.89. The number of ketones is 1. The molecule has 0 N–H and O–H groups in total. The smallest absolute Gasteiger partial charge is 0.218 e. The van der Waals surface area contributed by atoms with E-state index in [0.717, 1.165) is 0 Å². The van der Waals surface area contributed by atoms with Gasteiger partial charge in [-0.3, -0.25) is 9.48 Å². The molecule has 0 unspecified atom stereocenters. The van der Waals surface area contributed by atoms with Crippen molar-refractivity contribution in [3.05, 3.63) is 35.7 Å². The Labute approximate surface area is 115 Å². The van der Waals surface area contributed by atoms with Crippen LogP contribution in [0.1, 0.15) is 16.1 Å². The molecule has 6 nitrogen and oxygen atoms in total. The molecule has 6 heteroatoms. The number of hydrogen-bond acceptors (Lipinski definition) is 5. The zero-order valence-electron chi connectivity index (χ0n) is 11.3. The molecule has 0 saturated heterocycles. The molecule has 0 radical (unpaired) electrons. The summed E-state index contributed by atoms with van der Waals surface area (Å²) in [6.07, 6.45) is 1.51. The van der Waals surface area contributed by atoms with Crippen LogP contribution in [0.2, 0.25) is 0 Å². The summed E-state index contributed by atoms with van der Waals surface area (Å²) >= 11 is 0. The van der Waals surface area contributed by atoms with E-state index < -0.39 is 0 Å². The quantitative estimate of drug-likeness (QED) is 0.792. The highest BCUT2D eigenvalue weighted by molar-refractivity contribution is 6.11. The highest BCUT2D eigenvalue weighted by Gasteiger charge is 2.25. The second-order valence-corrected chi connectivity index (χ2v) is 4.34. The summed E-state index contributed by atoms with van der Waals surface area (Å²) in [4.78, 5) is 12.7. The van der Waals surface area contributed by atoms with Gasteiger partial charge in [0.1, 0.15) is 13.2 Å². The number of ether oxygens (including phenoxy) is 3. The number of rotatable bonds is 3. The van der Waals surface area contributed by atoms with Crippen LogP contribution in [0.3, 0.4) is 0 Å². The van der Waals surface area contributed by atoms with E-state index in [4.69, 9.17) is 14.2 Å². The lowest BCUT2D eigenvalue weighted by Crippen LogP contribution is -2.19. The van der Waals surface area contributed by atoms with Crippen molar-refractivity contribution in [3.63, 3.8) is 0 Å². The standard InChI is InChI=1S/C14H14N2O4/c1-16-12(11(18-2)8-15-16)13(17)9-4-3-5-10-14(9)20-7-6-19-10/h3-5,8H,6-7H2,1-2H3. The topological polar surface area (TPSA) is 62.6 Å². The van der Waals surface area contributed by atoms with E-state index in [1.165, 1.54) is 18.0 Å². The summed E-state index contributed by atoms with van der Waals surface area (Å²) < 4.78 is 17.7. The van der Waals surface area contributed by atoms with Crippen LogP contribution in [-0.2, 0) is 7.05 Å². The van der Waals surface area contributed by atoms with Crippen LogP contribution in [0.5, 0.6) is 17.2 Å². The Balaban J connectivity index is 2.09. The minimum atomic E-state index is -0.204. The average molecular weight is 274 g/mol. The maximum atomic E-state index is 12.7. The van der Waals surface area contributed by atoms with Gasteiger partial charge in [0, 0.05) is 7.05 Å². The molecule has 1 aromatic heterocycles. The molecular weight excluding hydrogens is 260 g/mol. The third-order valence-corrected chi connectivity index (χ3v) is 3.15. The first-order valence-corrected chi connectivity index (χ1v) is 6.21. The Bertz CT molecular complexity index is 663. The molecule has 2 aromatic rings. The monoisotopic (exact) mass is 274 g/mol. The van der Waals surface area contributed by atoms with Gasteiger partial charge in [-0.05, 0) is 12.1 Å². The van der Waals surface area contributed by atoms with Crippen molar-refractivity contribution < 1.29 is 19.0 Å². The number of nitrogens with zero attached hydrogens (tertiary/aromatic N) is 2. The summed E-state index contributed by atoms with van der Waals surface area (Å²) in [6.45, 7) is 0.916. The van der Waals surface area contributed by atoms with Crippen LogP contribution < -0.4 is 14.2 Å². The fourth-order valence-corrected chi connectivity index (χ4v) is 2.21. The number of methoxy groups -OCH3 is 1. The van der Waals surface area contributed by atoms with Gasteiger partial charge >= 0.3 is 0 Å². The molecule has 20 heavy (non-hydrogen) atoms. The number of aryl methyl sites for hydroxylation is 1. The van der Waals surface area contributed by atoms with Gasteiger partial charge < -0.3 is 14.2 Å². The zero-order chi connectivity index (χ0) is 14.1. The molecule has 0 aliphatic carbocycles. The van der Waals surface area contributed by atoms with Gasteiger partial charge in [-0.2, -0.15) is 5.10 Å². The summed E-state index contributed by atoms with van der Waals surface area (Å²) in [7, 11) is 3.20. The van der Waals surface area contributed by atoms with E-state index in [9.17, 15) is 4.79 Å². The number of benzene rings is 1. The first kappa shape index (κ1) is 12.5. The Morgan fingerprint density at radius 1 is 1.35 bits per heavy atom. The second-order valence-electron chi connectivity index (χ2n) is 4.34. The molecule has 1 aliphatic rings. The largest absolute Gasteiger partial charge is 0.493 e. The molecule has 0 bridgehead atoms. The van der Waals surface area contributed by atoms with Crippen LogP contribution in [0.15, 0.2) is 24.4 Å². The normalized spacial score (nSPS) is 13.1. The van der Waals surface area contributed by atoms with Gasteiger partial charge in [-0.1, -0.05) is 6.07 Å². The lowest BCUT2D eigenvalue weighted by molar-refractivity contribution is 0.101. The van der Waals surface area contributed by atoms with E-state index in [2.05, 4.69) is 5.10 Å². The number of para-hydroxylation sites is 1. The number of fused-ring (bicyclic) bond motifs is 1. The SMILES string of the molecule is COc1cnn(C)c1C(=O)c1cccc2c1OCCO2. The van der Waals surface area contributed by atoms with Crippen LogP contribution in [0.25, 0.3) is 0 Å². The number of hydrogen-bond donors (Lipinski definition) is 0. The molecule has 2 heterocycles. The molecule has 0 saturated carbocycles. The van der Waals surface area contributed by atoms with Crippen LogP contribution in [0, 0.1) is 0 Å². The van der Waals surface area contributed by atoms with Crippen molar-refractivity contribution in [2.24, 2.45) is 7.05 Å². The molecule has 1 aromatic carbocycles. The summed E-state index contributed by atoms with van der Waals surface area (Å²) in [5.41, 5.74) is 0.833. The molecule has 0 spiro atoms. The Morgan fingerprint density at radius 3 is 2.95 bits per heavy atom. The van der Waals surface area contributed by atoms with Gasteiger partial charge in [-0.25, -0.2) is 0 Å².